The van der Waals surface area contributed by atoms with Crippen LogP contribution in [0.4, 0.5) is 0 Å². The molecule has 2 aromatic rings. The Bertz CT molecular complexity index is 1050. The van der Waals surface area contributed by atoms with Crippen LogP contribution in [0.1, 0.15) is 21.5 Å². The number of nitrogens with one attached hydrogen (secondary N) is 2. The van der Waals surface area contributed by atoms with Crippen LogP contribution in [0, 0.1) is 12.3 Å². The van der Waals surface area contributed by atoms with Crippen molar-refractivity contribution in [3.05, 3.63) is 65.2 Å². The van der Waals surface area contributed by atoms with E-state index in [1.54, 1.807) is 6.07 Å². The molecule has 1 heterocycles. The van der Waals surface area contributed by atoms with Gasteiger partial charge in [-0.15, -0.1) is 6.42 Å². The second kappa shape index (κ2) is 10.6. The first-order chi connectivity index (χ1) is 14.9. The van der Waals surface area contributed by atoms with Crippen LogP contribution >= 0.6 is 0 Å². The third-order valence-electron chi connectivity index (χ3n) is 5.22. The highest BCUT2D eigenvalue weighted by atomic mass is 32.2. The Morgan fingerprint density at radius 1 is 1.06 bits per heavy atom. The molecule has 7 nitrogen and oxygen atoms in total. The molecular formula is C23H28N4O3S. The van der Waals surface area contributed by atoms with Crippen molar-refractivity contribution in [2.75, 3.05) is 39.8 Å². The number of benzene rings is 2. The Labute approximate surface area is 184 Å². The van der Waals surface area contributed by atoms with E-state index in [0.29, 0.717) is 6.54 Å². The van der Waals surface area contributed by atoms with Crippen LogP contribution in [0.3, 0.4) is 0 Å². The molecule has 1 aliphatic rings. The number of likely N-dealkylation sites (N-methyl/N-ethyl adjacent to an activating group) is 1. The average molecular weight is 441 g/mol. The van der Waals surface area contributed by atoms with E-state index >= 15 is 0 Å². The van der Waals surface area contributed by atoms with E-state index < -0.39 is 10.0 Å². The summed E-state index contributed by atoms with van der Waals surface area (Å²) in [5, 5.41) is 2.87. The maximum absolute atomic E-state index is 12.6. The van der Waals surface area contributed by atoms with E-state index in [1.165, 1.54) is 23.8 Å². The van der Waals surface area contributed by atoms with E-state index in [0.717, 1.165) is 38.3 Å². The number of carbonyl (C=O) groups excluding carboxylic acids is 1. The minimum Gasteiger partial charge on any atom is -0.348 e. The number of amides is 1. The predicted octanol–water partition coefficient (Wildman–Crippen LogP) is 1.28. The number of piperazine rings is 1. The Hall–Kier alpha value is -2.70. The first-order valence-corrected chi connectivity index (χ1v) is 11.7. The summed E-state index contributed by atoms with van der Waals surface area (Å²) >= 11 is 0. The molecule has 3 rings (SSSR count). The van der Waals surface area contributed by atoms with Crippen LogP contribution in [0.5, 0.6) is 0 Å². The highest BCUT2D eigenvalue weighted by Crippen LogP contribution is 2.13. The fourth-order valence-corrected chi connectivity index (χ4v) is 4.39. The number of carbonyl (C=O) groups is 1. The highest BCUT2D eigenvalue weighted by Gasteiger charge is 2.16. The maximum atomic E-state index is 12.6. The number of hydrogen-bond acceptors (Lipinski definition) is 5. The standard InChI is InChI=1S/C23H28N4O3S/c1-3-10-25-31(29,30)22-9-5-8-21(16-22)23(28)24-17-19-6-4-7-20(15-19)18-27-13-11-26(2)12-14-27/h1,4-9,15-16,25H,10-14,17-18H2,2H3,(H,24,28). The molecule has 0 aromatic heterocycles. The van der Waals surface area contributed by atoms with Gasteiger partial charge in [0.15, 0.2) is 0 Å². The zero-order valence-corrected chi connectivity index (χ0v) is 18.5. The van der Waals surface area contributed by atoms with Crippen LogP contribution < -0.4 is 10.0 Å². The smallest absolute Gasteiger partial charge is 0.251 e. The third kappa shape index (κ3) is 6.64. The topological polar surface area (TPSA) is 81.7 Å². The van der Waals surface area contributed by atoms with Gasteiger partial charge in [0, 0.05) is 44.8 Å². The maximum Gasteiger partial charge on any atom is 0.251 e. The van der Waals surface area contributed by atoms with Crippen molar-refractivity contribution in [3.8, 4) is 12.3 Å². The zero-order chi connectivity index (χ0) is 22.3. The van der Waals surface area contributed by atoms with Gasteiger partial charge >= 0.3 is 0 Å². The molecule has 2 N–H and O–H groups in total. The lowest BCUT2D eigenvalue weighted by molar-refractivity contribution is 0.0950. The lowest BCUT2D eigenvalue weighted by atomic mass is 10.1. The van der Waals surface area contributed by atoms with Gasteiger partial charge in [0.25, 0.3) is 5.91 Å². The van der Waals surface area contributed by atoms with Gasteiger partial charge in [-0.25, -0.2) is 8.42 Å². The van der Waals surface area contributed by atoms with Gasteiger partial charge in [0.05, 0.1) is 11.4 Å². The van der Waals surface area contributed by atoms with Gasteiger partial charge in [-0.2, -0.15) is 4.72 Å². The van der Waals surface area contributed by atoms with E-state index in [9.17, 15) is 13.2 Å². The van der Waals surface area contributed by atoms with Gasteiger partial charge < -0.3 is 10.2 Å². The van der Waals surface area contributed by atoms with Crippen LogP contribution in [0.15, 0.2) is 53.4 Å². The van der Waals surface area contributed by atoms with Gasteiger partial charge in [0.1, 0.15) is 0 Å². The lowest BCUT2D eigenvalue weighted by Crippen LogP contribution is -2.43. The lowest BCUT2D eigenvalue weighted by Gasteiger charge is -2.32. The second-order valence-electron chi connectivity index (χ2n) is 7.64. The van der Waals surface area contributed by atoms with Crippen LogP contribution in [-0.4, -0.2) is 63.9 Å². The van der Waals surface area contributed by atoms with E-state index in [1.807, 2.05) is 12.1 Å². The fraction of sp³-hybridized carbons (Fsp3) is 0.348. The summed E-state index contributed by atoms with van der Waals surface area (Å²) in [4.78, 5) is 17.3. The Morgan fingerprint density at radius 3 is 2.52 bits per heavy atom. The molecule has 1 aliphatic heterocycles. The second-order valence-corrected chi connectivity index (χ2v) is 9.41. The van der Waals surface area contributed by atoms with Gasteiger partial charge in [-0.05, 0) is 36.4 Å². The van der Waals surface area contributed by atoms with Crippen molar-refractivity contribution >= 4 is 15.9 Å². The van der Waals surface area contributed by atoms with Gasteiger partial charge in [0.2, 0.25) is 10.0 Å². The third-order valence-corrected chi connectivity index (χ3v) is 6.62. The number of nitrogens with zero attached hydrogens (tertiary/aromatic N) is 2. The van der Waals surface area contributed by atoms with Crippen LogP contribution in [-0.2, 0) is 23.1 Å². The summed E-state index contributed by atoms with van der Waals surface area (Å²) in [5.41, 5.74) is 2.49. The minimum absolute atomic E-state index is 0.00423. The van der Waals surface area contributed by atoms with Gasteiger partial charge in [-0.1, -0.05) is 36.3 Å². The van der Waals surface area contributed by atoms with Crippen LogP contribution in [0.2, 0.25) is 0 Å². The molecule has 0 spiro atoms. The summed E-state index contributed by atoms with van der Waals surface area (Å²) in [6, 6.07) is 14.1. The number of hydrogen-bond donors (Lipinski definition) is 2. The SMILES string of the molecule is C#CCNS(=O)(=O)c1cccc(C(=O)NCc2cccc(CN3CCN(C)CC3)c2)c1. The minimum atomic E-state index is -3.75. The molecule has 2 aromatic carbocycles. The summed E-state index contributed by atoms with van der Waals surface area (Å²) < 4.78 is 26.7. The fourth-order valence-electron chi connectivity index (χ4n) is 3.41. The molecule has 0 saturated carbocycles. The Kier molecular flexibility index (Phi) is 7.82. The summed E-state index contributed by atoms with van der Waals surface area (Å²) in [6.45, 7) is 5.39. The van der Waals surface area contributed by atoms with E-state index in [4.69, 9.17) is 6.42 Å². The number of terminal acetylenes is 1. The largest absolute Gasteiger partial charge is 0.348 e. The highest BCUT2D eigenvalue weighted by molar-refractivity contribution is 7.89. The van der Waals surface area contributed by atoms with E-state index in [2.05, 4.69) is 44.9 Å². The molecule has 0 radical (unpaired) electrons. The molecular weight excluding hydrogens is 412 g/mol. The van der Waals surface area contributed by atoms with Crippen molar-refractivity contribution in [3.63, 3.8) is 0 Å². The Morgan fingerprint density at radius 2 is 1.77 bits per heavy atom. The quantitative estimate of drug-likeness (QED) is 0.605. The zero-order valence-electron chi connectivity index (χ0n) is 17.7. The molecule has 8 heteroatoms. The first kappa shape index (κ1) is 23.0. The van der Waals surface area contributed by atoms with Crippen molar-refractivity contribution in [2.45, 2.75) is 18.0 Å². The predicted molar refractivity (Wildman–Crippen MR) is 121 cm³/mol. The van der Waals surface area contributed by atoms with Crippen molar-refractivity contribution in [2.24, 2.45) is 0 Å². The number of sulfonamides is 1. The molecule has 0 unspecified atom stereocenters. The van der Waals surface area contributed by atoms with Crippen molar-refractivity contribution < 1.29 is 13.2 Å². The molecule has 0 atom stereocenters. The monoisotopic (exact) mass is 440 g/mol. The van der Waals surface area contributed by atoms with Crippen LogP contribution in [0.25, 0.3) is 0 Å². The molecule has 0 aliphatic carbocycles. The first-order valence-electron chi connectivity index (χ1n) is 10.2. The summed E-state index contributed by atoms with van der Waals surface area (Å²) in [6.07, 6.45) is 5.11. The van der Waals surface area contributed by atoms with Crippen molar-refractivity contribution in [1.82, 2.24) is 19.8 Å². The average Bonchev–Trinajstić information content (AvgIpc) is 2.78. The van der Waals surface area contributed by atoms with Crippen molar-refractivity contribution in [1.29, 1.82) is 0 Å². The Balaban J connectivity index is 1.60. The van der Waals surface area contributed by atoms with E-state index in [-0.39, 0.29) is 22.9 Å². The molecule has 1 saturated heterocycles. The normalized spacial score (nSPS) is 15.4. The molecule has 164 valence electrons. The molecule has 1 amide bonds. The number of rotatable bonds is 8. The summed E-state index contributed by atoms with van der Waals surface area (Å²) in [5.74, 6) is 1.89. The summed E-state index contributed by atoms with van der Waals surface area (Å²) in [7, 11) is -1.61. The molecule has 31 heavy (non-hydrogen) atoms. The molecule has 0 bridgehead atoms. The van der Waals surface area contributed by atoms with Gasteiger partial charge in [-0.3, -0.25) is 9.69 Å². The molecule has 1 fully saturated rings.